The lowest BCUT2D eigenvalue weighted by Crippen LogP contribution is -2.26. The van der Waals surface area contributed by atoms with E-state index < -0.39 is 35.0 Å². The van der Waals surface area contributed by atoms with Gasteiger partial charge >= 0.3 is 12.1 Å². The van der Waals surface area contributed by atoms with Crippen molar-refractivity contribution in [3.8, 4) is 6.07 Å². The number of aromatic carboxylic acids is 1. The molecule has 2 aromatic heterocycles. The minimum absolute atomic E-state index is 0.0354. The van der Waals surface area contributed by atoms with Crippen LogP contribution in [-0.2, 0) is 17.7 Å². The fraction of sp³-hybridized carbons (Fsp3) is 0.346. The molecule has 3 aliphatic rings. The minimum atomic E-state index is -1.35. The summed E-state index contributed by atoms with van der Waals surface area (Å²) < 4.78 is 22.1. The van der Waals surface area contributed by atoms with Crippen LogP contribution in [0.3, 0.4) is 0 Å². The van der Waals surface area contributed by atoms with Gasteiger partial charge in [0.25, 0.3) is 0 Å². The van der Waals surface area contributed by atoms with Crippen LogP contribution in [-0.4, -0.2) is 45.9 Å². The number of carboxylic acid groups (broad SMARTS) is 1. The molecule has 37 heavy (non-hydrogen) atoms. The molecule has 188 valence electrons. The molecule has 1 saturated carbocycles. The van der Waals surface area contributed by atoms with Crippen molar-refractivity contribution in [3.63, 3.8) is 0 Å². The summed E-state index contributed by atoms with van der Waals surface area (Å²) in [7, 11) is 0. The number of pyridine rings is 2. The molecule has 2 aliphatic heterocycles. The molecule has 1 aliphatic carbocycles. The van der Waals surface area contributed by atoms with Gasteiger partial charge in [-0.25, -0.2) is 19.0 Å². The highest BCUT2D eigenvalue weighted by atomic mass is 19.1. The second-order valence-electron chi connectivity index (χ2n) is 9.57. The average Bonchev–Trinajstić information content (AvgIpc) is 3.68. The lowest BCUT2D eigenvalue weighted by atomic mass is 10.0. The second-order valence-corrected chi connectivity index (χ2v) is 9.57. The van der Waals surface area contributed by atoms with E-state index in [4.69, 9.17) is 10.00 Å². The van der Waals surface area contributed by atoms with E-state index in [-0.39, 0.29) is 29.4 Å². The number of aryl methyl sites for hydroxylation is 1. The number of hydrogen-bond donors (Lipinski definition) is 1. The Hall–Kier alpha value is -4.46. The molecule has 6 rings (SSSR count). The first-order valence-corrected chi connectivity index (χ1v) is 12.1. The maximum absolute atomic E-state index is 15.4. The zero-order valence-electron chi connectivity index (χ0n) is 19.7. The quantitative estimate of drug-likeness (QED) is 0.574. The van der Waals surface area contributed by atoms with E-state index in [2.05, 4.69) is 4.98 Å². The first-order chi connectivity index (χ1) is 17.8. The SMILES string of the molecule is N#CC1CN(c2ccc3c(c2)CCCN(c2nc4c(cc2F)c(=O)c(C(=O)O)cn4C2CC2)C3)C(=O)O1. The van der Waals surface area contributed by atoms with Gasteiger partial charge in [0.15, 0.2) is 11.6 Å². The number of rotatable bonds is 4. The summed E-state index contributed by atoms with van der Waals surface area (Å²) in [5.41, 5.74) is 1.75. The Morgan fingerprint density at radius 3 is 2.73 bits per heavy atom. The van der Waals surface area contributed by atoms with Gasteiger partial charge in [0.1, 0.15) is 17.3 Å². The first-order valence-electron chi connectivity index (χ1n) is 12.1. The molecule has 1 saturated heterocycles. The Bertz CT molecular complexity index is 1570. The molecule has 2 fully saturated rings. The molecule has 1 amide bonds. The topological polar surface area (TPSA) is 129 Å². The Kier molecular flexibility index (Phi) is 5.33. The number of carbonyl (C=O) groups is 2. The smallest absolute Gasteiger partial charge is 0.415 e. The number of nitrogens with zero attached hydrogens (tertiary/aromatic N) is 5. The van der Waals surface area contributed by atoms with Gasteiger partial charge in [0.2, 0.25) is 11.5 Å². The number of hydrogen-bond acceptors (Lipinski definition) is 7. The van der Waals surface area contributed by atoms with Gasteiger partial charge in [0, 0.05) is 31.0 Å². The van der Waals surface area contributed by atoms with Crippen molar-refractivity contribution in [3.05, 3.63) is 63.2 Å². The Morgan fingerprint density at radius 1 is 1.22 bits per heavy atom. The van der Waals surface area contributed by atoms with Crippen molar-refractivity contribution >= 4 is 34.6 Å². The molecule has 3 aromatic rings. The first kappa shape index (κ1) is 23.0. The highest BCUT2D eigenvalue weighted by molar-refractivity contribution is 5.92. The average molecular weight is 503 g/mol. The molecule has 4 heterocycles. The number of cyclic esters (lactones) is 1. The number of fused-ring (bicyclic) bond motifs is 2. The molecule has 1 unspecified atom stereocenters. The van der Waals surface area contributed by atoms with Crippen molar-refractivity contribution in [2.75, 3.05) is 22.9 Å². The largest absolute Gasteiger partial charge is 0.477 e. The van der Waals surface area contributed by atoms with E-state index in [0.29, 0.717) is 31.6 Å². The predicted octanol–water partition coefficient (Wildman–Crippen LogP) is 3.37. The lowest BCUT2D eigenvalue weighted by Gasteiger charge is -2.24. The van der Waals surface area contributed by atoms with Gasteiger partial charge < -0.3 is 19.3 Å². The Labute approximate surface area is 210 Å². The standard InChI is InChI=1S/C26H22FN5O5/c27-21-9-19-22(33)20(25(34)35)13-31(16-5-6-16)23(19)29-24(21)30-7-1-2-14-8-17(4-3-15(14)11-30)32-12-18(10-28)37-26(32)36/h3-4,8-9,13,16,18H,1-2,5-7,11-12H2,(H,34,35). The van der Waals surface area contributed by atoms with Crippen LogP contribution in [0.2, 0.25) is 0 Å². The summed E-state index contributed by atoms with van der Waals surface area (Å²) in [5.74, 6) is -1.92. The third kappa shape index (κ3) is 3.94. The monoisotopic (exact) mass is 503 g/mol. The molecule has 1 N–H and O–H groups in total. The van der Waals surface area contributed by atoms with Gasteiger partial charge in [0.05, 0.1) is 11.9 Å². The van der Waals surface area contributed by atoms with E-state index in [1.54, 1.807) is 10.6 Å². The molecule has 1 atom stereocenters. The second kappa shape index (κ2) is 8.58. The van der Waals surface area contributed by atoms with Crippen LogP contribution in [0.1, 0.15) is 46.8 Å². The van der Waals surface area contributed by atoms with E-state index in [9.17, 15) is 19.5 Å². The molecule has 10 nitrogen and oxygen atoms in total. The van der Waals surface area contributed by atoms with Crippen LogP contribution in [0.25, 0.3) is 11.0 Å². The maximum atomic E-state index is 15.4. The summed E-state index contributed by atoms with van der Waals surface area (Å²) in [5, 5.41) is 18.5. The summed E-state index contributed by atoms with van der Waals surface area (Å²) >= 11 is 0. The van der Waals surface area contributed by atoms with Crippen LogP contribution < -0.4 is 15.2 Å². The third-order valence-corrected chi connectivity index (χ3v) is 7.10. The molecule has 1 aromatic carbocycles. The molecular weight excluding hydrogens is 481 g/mol. The van der Waals surface area contributed by atoms with Gasteiger partial charge in [-0.15, -0.1) is 0 Å². The number of nitriles is 1. The normalized spacial score (nSPS) is 19.4. The number of amides is 1. The van der Waals surface area contributed by atoms with Crippen molar-refractivity contribution in [1.82, 2.24) is 9.55 Å². The van der Waals surface area contributed by atoms with E-state index in [0.717, 1.165) is 30.0 Å². The number of anilines is 2. The fourth-order valence-corrected chi connectivity index (χ4v) is 5.08. The lowest BCUT2D eigenvalue weighted by molar-refractivity contribution is 0.0694. The van der Waals surface area contributed by atoms with Crippen molar-refractivity contribution in [2.45, 2.75) is 44.4 Å². The highest BCUT2D eigenvalue weighted by Gasteiger charge is 2.33. The number of carbonyl (C=O) groups excluding carboxylic acids is 1. The zero-order valence-corrected chi connectivity index (χ0v) is 19.7. The molecule has 0 radical (unpaired) electrons. The predicted molar refractivity (Wildman–Crippen MR) is 130 cm³/mol. The highest BCUT2D eigenvalue weighted by Crippen LogP contribution is 2.37. The molecule has 0 bridgehead atoms. The summed E-state index contributed by atoms with van der Waals surface area (Å²) in [6.45, 7) is 1.05. The Balaban J connectivity index is 1.36. The van der Waals surface area contributed by atoms with Gasteiger partial charge in [-0.1, -0.05) is 6.07 Å². The number of benzene rings is 1. The summed E-state index contributed by atoms with van der Waals surface area (Å²) in [4.78, 5) is 44.3. The van der Waals surface area contributed by atoms with E-state index in [1.807, 2.05) is 23.1 Å². The fourth-order valence-electron chi connectivity index (χ4n) is 5.08. The number of carboxylic acids is 1. The van der Waals surface area contributed by atoms with E-state index >= 15 is 4.39 Å². The minimum Gasteiger partial charge on any atom is -0.477 e. The summed E-state index contributed by atoms with van der Waals surface area (Å²) in [6, 6.07) is 8.66. The van der Waals surface area contributed by atoms with Gasteiger partial charge in [-0.05, 0) is 55.0 Å². The maximum Gasteiger partial charge on any atom is 0.415 e. The van der Waals surface area contributed by atoms with Crippen LogP contribution in [0.5, 0.6) is 0 Å². The van der Waals surface area contributed by atoms with Gasteiger partial charge in [-0.2, -0.15) is 5.26 Å². The van der Waals surface area contributed by atoms with E-state index in [1.165, 1.54) is 11.1 Å². The molecule has 11 heteroatoms. The van der Waals surface area contributed by atoms with Crippen LogP contribution >= 0.6 is 0 Å². The molecular formula is C26H22FN5O5. The van der Waals surface area contributed by atoms with Crippen molar-refractivity contribution < 1.29 is 23.8 Å². The van der Waals surface area contributed by atoms with Crippen LogP contribution in [0.4, 0.5) is 20.7 Å². The van der Waals surface area contributed by atoms with Crippen molar-refractivity contribution in [2.24, 2.45) is 0 Å². The Morgan fingerprint density at radius 2 is 2.03 bits per heavy atom. The van der Waals surface area contributed by atoms with Crippen LogP contribution in [0, 0.1) is 17.1 Å². The number of ether oxygens (including phenoxy) is 1. The number of halogens is 1. The van der Waals surface area contributed by atoms with Crippen molar-refractivity contribution in [1.29, 1.82) is 5.26 Å². The third-order valence-electron chi connectivity index (χ3n) is 7.10. The zero-order chi connectivity index (χ0) is 25.8. The number of aromatic nitrogens is 2. The summed E-state index contributed by atoms with van der Waals surface area (Å²) in [6.07, 6.45) is 3.04. The van der Waals surface area contributed by atoms with Gasteiger partial charge in [-0.3, -0.25) is 9.69 Å². The van der Waals surface area contributed by atoms with Crippen LogP contribution in [0.15, 0.2) is 35.3 Å². The molecule has 0 spiro atoms.